The van der Waals surface area contributed by atoms with Gasteiger partial charge in [-0.3, -0.25) is 9.69 Å². The van der Waals surface area contributed by atoms with E-state index in [-0.39, 0.29) is 11.9 Å². The Morgan fingerprint density at radius 3 is 2.12 bits per heavy atom. The quantitative estimate of drug-likeness (QED) is 0.911. The van der Waals surface area contributed by atoms with E-state index in [4.69, 9.17) is 0 Å². The zero-order valence-corrected chi connectivity index (χ0v) is 16.2. The first-order valence-electron chi connectivity index (χ1n) is 9.38. The summed E-state index contributed by atoms with van der Waals surface area (Å²) in [5.41, 5.74) is 5.68. The average Bonchev–Trinajstić information content (AvgIpc) is 2.64. The van der Waals surface area contributed by atoms with Gasteiger partial charge in [0.15, 0.2) is 0 Å². The van der Waals surface area contributed by atoms with Crippen LogP contribution in [-0.2, 0) is 4.79 Å². The number of carbonyl (C=O) groups is 1. The molecule has 1 aliphatic heterocycles. The molecular weight excluding hydrogens is 322 g/mol. The van der Waals surface area contributed by atoms with Crippen LogP contribution in [0, 0.1) is 20.8 Å². The number of carbonyl (C=O) groups excluding carboxylic acids is 1. The maximum atomic E-state index is 12.8. The van der Waals surface area contributed by atoms with Gasteiger partial charge in [-0.25, -0.2) is 0 Å². The number of amides is 1. The summed E-state index contributed by atoms with van der Waals surface area (Å²) >= 11 is 0. The third-order valence-corrected chi connectivity index (χ3v) is 5.29. The van der Waals surface area contributed by atoms with Crippen molar-refractivity contribution >= 4 is 17.3 Å². The van der Waals surface area contributed by atoms with Gasteiger partial charge >= 0.3 is 0 Å². The fourth-order valence-corrected chi connectivity index (χ4v) is 3.78. The zero-order valence-electron chi connectivity index (χ0n) is 16.2. The van der Waals surface area contributed by atoms with E-state index in [0.717, 1.165) is 43.0 Å². The van der Waals surface area contributed by atoms with Crippen LogP contribution >= 0.6 is 0 Å². The minimum atomic E-state index is -0.131. The summed E-state index contributed by atoms with van der Waals surface area (Å²) in [5.74, 6) is 0.0771. The van der Waals surface area contributed by atoms with Crippen molar-refractivity contribution in [1.82, 2.24) is 4.90 Å². The van der Waals surface area contributed by atoms with Gasteiger partial charge in [0, 0.05) is 37.6 Å². The summed E-state index contributed by atoms with van der Waals surface area (Å²) in [6.45, 7) is 11.9. The van der Waals surface area contributed by atoms with Crippen LogP contribution in [0.5, 0.6) is 0 Å². The molecule has 4 heteroatoms. The Labute approximate surface area is 156 Å². The molecule has 1 saturated heterocycles. The van der Waals surface area contributed by atoms with Gasteiger partial charge < -0.3 is 10.2 Å². The largest absolute Gasteiger partial charge is 0.369 e. The molecule has 0 spiro atoms. The molecule has 0 bridgehead atoms. The van der Waals surface area contributed by atoms with Crippen LogP contribution in [0.4, 0.5) is 11.4 Å². The number of hydrogen-bond donors (Lipinski definition) is 1. The zero-order chi connectivity index (χ0) is 18.7. The van der Waals surface area contributed by atoms with Crippen LogP contribution in [0.3, 0.4) is 0 Å². The lowest BCUT2D eigenvalue weighted by atomic mass is 10.0. The molecule has 4 nitrogen and oxygen atoms in total. The third-order valence-electron chi connectivity index (χ3n) is 5.29. The lowest BCUT2D eigenvalue weighted by Crippen LogP contribution is -2.52. The molecule has 3 rings (SSSR count). The summed E-state index contributed by atoms with van der Waals surface area (Å²) in [5, 5.41) is 3.15. The smallest absolute Gasteiger partial charge is 0.241 e. The fourth-order valence-electron chi connectivity index (χ4n) is 3.78. The molecular formula is C22H29N3O. The van der Waals surface area contributed by atoms with Crippen molar-refractivity contribution < 1.29 is 4.79 Å². The number of para-hydroxylation sites is 1. The fraction of sp³-hybridized carbons (Fsp3) is 0.409. The van der Waals surface area contributed by atoms with E-state index in [0.29, 0.717) is 0 Å². The number of hydrogen-bond acceptors (Lipinski definition) is 3. The van der Waals surface area contributed by atoms with Crippen molar-refractivity contribution in [2.24, 2.45) is 0 Å². The number of nitrogens with zero attached hydrogens (tertiary/aromatic N) is 2. The molecule has 0 unspecified atom stereocenters. The van der Waals surface area contributed by atoms with E-state index in [2.05, 4.69) is 72.3 Å². The van der Waals surface area contributed by atoms with E-state index in [1.165, 1.54) is 11.3 Å². The number of aryl methyl sites for hydroxylation is 3. The molecule has 0 aromatic heterocycles. The van der Waals surface area contributed by atoms with Crippen molar-refractivity contribution in [2.45, 2.75) is 33.7 Å². The van der Waals surface area contributed by atoms with Gasteiger partial charge in [0.2, 0.25) is 5.91 Å². The summed E-state index contributed by atoms with van der Waals surface area (Å²) in [7, 11) is 0. The summed E-state index contributed by atoms with van der Waals surface area (Å²) in [6.07, 6.45) is 0. The van der Waals surface area contributed by atoms with E-state index < -0.39 is 0 Å². The van der Waals surface area contributed by atoms with Crippen LogP contribution in [0.25, 0.3) is 0 Å². The lowest BCUT2D eigenvalue weighted by Gasteiger charge is -2.38. The topological polar surface area (TPSA) is 35.6 Å². The van der Waals surface area contributed by atoms with Crippen LogP contribution in [-0.4, -0.2) is 43.0 Å². The Morgan fingerprint density at radius 1 is 0.962 bits per heavy atom. The summed E-state index contributed by atoms with van der Waals surface area (Å²) in [6, 6.07) is 14.6. The van der Waals surface area contributed by atoms with E-state index >= 15 is 0 Å². The van der Waals surface area contributed by atoms with E-state index in [9.17, 15) is 4.79 Å². The third kappa shape index (κ3) is 4.07. The predicted octanol–water partition coefficient (Wildman–Crippen LogP) is 3.76. The summed E-state index contributed by atoms with van der Waals surface area (Å²) in [4.78, 5) is 17.4. The number of nitrogens with one attached hydrogen (secondary N) is 1. The molecule has 1 fully saturated rings. The normalized spacial score (nSPS) is 16.4. The molecule has 2 aromatic carbocycles. The van der Waals surface area contributed by atoms with Gasteiger partial charge in [-0.15, -0.1) is 0 Å². The van der Waals surface area contributed by atoms with Crippen molar-refractivity contribution in [1.29, 1.82) is 0 Å². The van der Waals surface area contributed by atoms with Gasteiger partial charge in [-0.05, 0) is 51.0 Å². The molecule has 0 saturated carbocycles. The molecule has 26 heavy (non-hydrogen) atoms. The highest BCUT2D eigenvalue weighted by molar-refractivity contribution is 5.96. The second-order valence-electron chi connectivity index (χ2n) is 7.30. The van der Waals surface area contributed by atoms with Crippen molar-refractivity contribution in [3.05, 3.63) is 59.2 Å². The Bertz CT molecular complexity index is 741. The van der Waals surface area contributed by atoms with Gasteiger partial charge in [0.05, 0.1) is 6.04 Å². The van der Waals surface area contributed by atoms with Crippen LogP contribution in [0.15, 0.2) is 42.5 Å². The molecule has 1 heterocycles. The van der Waals surface area contributed by atoms with Crippen molar-refractivity contribution in [3.63, 3.8) is 0 Å². The number of rotatable bonds is 4. The molecule has 0 aliphatic carbocycles. The predicted molar refractivity (Wildman–Crippen MR) is 109 cm³/mol. The van der Waals surface area contributed by atoms with Gasteiger partial charge in [-0.2, -0.15) is 0 Å². The van der Waals surface area contributed by atoms with Crippen molar-refractivity contribution in [2.75, 3.05) is 36.4 Å². The molecule has 0 radical (unpaired) electrons. The van der Waals surface area contributed by atoms with Gasteiger partial charge in [-0.1, -0.05) is 35.9 Å². The molecule has 1 atom stereocenters. The highest BCUT2D eigenvalue weighted by Crippen LogP contribution is 2.23. The number of benzene rings is 2. The number of anilines is 2. The second kappa shape index (κ2) is 7.92. The minimum Gasteiger partial charge on any atom is -0.369 e. The minimum absolute atomic E-state index is 0.0771. The Kier molecular flexibility index (Phi) is 5.62. The standard InChI is InChI=1S/C22H29N3O/c1-16-14-17(2)21(18(3)15-16)23-22(26)19(4)24-10-12-25(13-11-24)20-8-6-5-7-9-20/h5-9,14-15,19H,10-13H2,1-4H3,(H,23,26)/t19-/m1/s1. The van der Waals surface area contributed by atoms with Crippen LogP contribution < -0.4 is 10.2 Å². The number of piperazine rings is 1. The molecule has 138 valence electrons. The molecule has 1 aliphatic rings. The summed E-state index contributed by atoms with van der Waals surface area (Å²) < 4.78 is 0. The second-order valence-corrected chi connectivity index (χ2v) is 7.30. The first-order valence-corrected chi connectivity index (χ1v) is 9.38. The maximum absolute atomic E-state index is 12.8. The Morgan fingerprint density at radius 2 is 1.54 bits per heavy atom. The van der Waals surface area contributed by atoms with Crippen LogP contribution in [0.2, 0.25) is 0 Å². The van der Waals surface area contributed by atoms with Crippen LogP contribution in [0.1, 0.15) is 23.6 Å². The molecule has 2 aromatic rings. The molecule has 1 amide bonds. The highest BCUT2D eigenvalue weighted by Gasteiger charge is 2.26. The van der Waals surface area contributed by atoms with E-state index in [1.807, 2.05) is 13.0 Å². The van der Waals surface area contributed by atoms with Gasteiger partial charge in [0.25, 0.3) is 0 Å². The van der Waals surface area contributed by atoms with E-state index in [1.54, 1.807) is 0 Å². The SMILES string of the molecule is Cc1cc(C)c(NC(=O)[C@@H](C)N2CCN(c3ccccc3)CC2)c(C)c1. The first-order chi connectivity index (χ1) is 12.5. The van der Waals surface area contributed by atoms with Gasteiger partial charge in [0.1, 0.15) is 0 Å². The van der Waals surface area contributed by atoms with Crippen molar-refractivity contribution in [3.8, 4) is 0 Å². The molecule has 1 N–H and O–H groups in total. The maximum Gasteiger partial charge on any atom is 0.241 e. The average molecular weight is 351 g/mol. The first kappa shape index (κ1) is 18.5. The lowest BCUT2D eigenvalue weighted by molar-refractivity contribution is -0.120. The Hall–Kier alpha value is -2.33. The Balaban J connectivity index is 1.60. The highest BCUT2D eigenvalue weighted by atomic mass is 16.2. The monoisotopic (exact) mass is 351 g/mol.